The summed E-state index contributed by atoms with van der Waals surface area (Å²) in [5.74, 6) is -1.68. The molecule has 5 nitrogen and oxygen atoms in total. The number of Topliss-reactive ketones (excluding diaryl/α,β-unsaturated/α-hetero) is 1. The van der Waals surface area contributed by atoms with E-state index < -0.39 is 17.9 Å². The first-order chi connectivity index (χ1) is 9.11. The summed E-state index contributed by atoms with van der Waals surface area (Å²) >= 11 is 0. The van der Waals surface area contributed by atoms with E-state index in [0.717, 1.165) is 32.4 Å². The molecule has 1 N–H and O–H groups in total. The van der Waals surface area contributed by atoms with Crippen molar-refractivity contribution in [2.45, 2.75) is 32.2 Å². The molecule has 1 aliphatic rings. The number of carboxylic acids is 1. The van der Waals surface area contributed by atoms with Crippen LogP contribution >= 0.6 is 0 Å². The molecule has 0 aromatic carbocycles. The quantitative estimate of drug-likeness (QED) is 0.825. The van der Waals surface area contributed by atoms with Crippen LogP contribution < -0.4 is 0 Å². The van der Waals surface area contributed by atoms with Crippen LogP contribution in [0, 0.1) is 5.92 Å². The highest BCUT2D eigenvalue weighted by Gasteiger charge is 2.37. The molecule has 0 aliphatic carbocycles. The maximum absolute atomic E-state index is 12.5. The van der Waals surface area contributed by atoms with Crippen molar-refractivity contribution in [1.29, 1.82) is 0 Å². The first-order valence-electron chi connectivity index (χ1n) is 6.66. The second kappa shape index (κ2) is 6.02. The molecule has 5 heteroatoms. The van der Waals surface area contributed by atoms with Gasteiger partial charge in [0.25, 0.3) is 0 Å². The number of carbonyl (C=O) groups excluding carboxylic acids is 1. The Labute approximate surface area is 112 Å². The Morgan fingerprint density at radius 3 is 2.53 bits per heavy atom. The summed E-state index contributed by atoms with van der Waals surface area (Å²) in [5.41, 5.74) is 0. The van der Waals surface area contributed by atoms with Gasteiger partial charge in [0.15, 0.2) is 5.76 Å². The maximum atomic E-state index is 12.5. The van der Waals surface area contributed by atoms with Gasteiger partial charge in [0.05, 0.1) is 18.2 Å². The maximum Gasteiger partial charge on any atom is 0.308 e. The number of rotatable bonds is 5. The van der Waals surface area contributed by atoms with Gasteiger partial charge < -0.3 is 9.52 Å². The standard InChI is InChI=1S/C14H19NO4/c1-10(14(17)18)12(15-7-3-2-4-8-15)13(16)11-6-5-9-19-11/h5-6,9-10,12H,2-4,7-8H2,1H3,(H,17,18). The lowest BCUT2D eigenvalue weighted by molar-refractivity contribution is -0.143. The van der Waals surface area contributed by atoms with Gasteiger partial charge in [-0.2, -0.15) is 0 Å². The molecule has 2 rings (SSSR count). The predicted molar refractivity (Wildman–Crippen MR) is 69.1 cm³/mol. The highest BCUT2D eigenvalue weighted by molar-refractivity contribution is 6.00. The van der Waals surface area contributed by atoms with Crippen LogP contribution in [0.25, 0.3) is 0 Å². The largest absolute Gasteiger partial charge is 0.481 e. The van der Waals surface area contributed by atoms with E-state index in [1.54, 1.807) is 19.1 Å². The van der Waals surface area contributed by atoms with E-state index in [1.165, 1.54) is 6.26 Å². The zero-order valence-electron chi connectivity index (χ0n) is 11.0. The number of carbonyl (C=O) groups is 2. The van der Waals surface area contributed by atoms with Gasteiger partial charge in [-0.1, -0.05) is 6.42 Å². The Hall–Kier alpha value is -1.62. The van der Waals surface area contributed by atoms with E-state index in [2.05, 4.69) is 0 Å². The predicted octanol–water partition coefficient (Wildman–Crippen LogP) is 2.04. The average molecular weight is 265 g/mol. The Bertz CT molecular complexity index is 434. The molecule has 0 spiro atoms. The number of hydrogen-bond donors (Lipinski definition) is 1. The van der Waals surface area contributed by atoms with Gasteiger partial charge in [-0.05, 0) is 45.0 Å². The second-order valence-corrected chi connectivity index (χ2v) is 5.01. The number of likely N-dealkylation sites (tertiary alicyclic amines) is 1. The van der Waals surface area contributed by atoms with Crippen molar-refractivity contribution in [3.8, 4) is 0 Å². The Morgan fingerprint density at radius 2 is 2.00 bits per heavy atom. The SMILES string of the molecule is CC(C(=O)O)C(C(=O)c1ccco1)N1CCCCC1. The minimum atomic E-state index is -0.949. The lowest BCUT2D eigenvalue weighted by Gasteiger charge is -2.35. The van der Waals surface area contributed by atoms with Crippen LogP contribution in [0.4, 0.5) is 0 Å². The molecule has 19 heavy (non-hydrogen) atoms. The van der Waals surface area contributed by atoms with Crippen molar-refractivity contribution < 1.29 is 19.1 Å². The van der Waals surface area contributed by atoms with Gasteiger partial charge in [-0.15, -0.1) is 0 Å². The molecule has 1 fully saturated rings. The molecule has 1 aromatic heterocycles. The van der Waals surface area contributed by atoms with Gasteiger partial charge in [0.2, 0.25) is 5.78 Å². The summed E-state index contributed by atoms with van der Waals surface area (Å²) in [6.07, 6.45) is 4.59. The summed E-state index contributed by atoms with van der Waals surface area (Å²) in [4.78, 5) is 25.7. The summed E-state index contributed by atoms with van der Waals surface area (Å²) in [7, 11) is 0. The van der Waals surface area contributed by atoms with Gasteiger partial charge in [0, 0.05) is 0 Å². The Balaban J connectivity index is 2.22. The molecule has 0 amide bonds. The van der Waals surface area contributed by atoms with Crippen molar-refractivity contribution in [2.75, 3.05) is 13.1 Å². The number of carboxylic acid groups (broad SMARTS) is 1. The average Bonchev–Trinajstić information content (AvgIpc) is 2.93. The highest BCUT2D eigenvalue weighted by Crippen LogP contribution is 2.22. The summed E-state index contributed by atoms with van der Waals surface area (Å²) in [6, 6.07) is 2.60. The third-order valence-electron chi connectivity index (χ3n) is 3.68. The van der Waals surface area contributed by atoms with E-state index in [0.29, 0.717) is 0 Å². The fourth-order valence-corrected chi connectivity index (χ4v) is 2.61. The van der Waals surface area contributed by atoms with Crippen LogP contribution in [0.2, 0.25) is 0 Å². The molecule has 104 valence electrons. The summed E-state index contributed by atoms with van der Waals surface area (Å²) in [6.45, 7) is 3.13. The fourth-order valence-electron chi connectivity index (χ4n) is 2.61. The minimum Gasteiger partial charge on any atom is -0.481 e. The van der Waals surface area contributed by atoms with Gasteiger partial charge in [0.1, 0.15) is 0 Å². The van der Waals surface area contributed by atoms with Gasteiger partial charge in [-0.25, -0.2) is 0 Å². The van der Waals surface area contributed by atoms with Crippen molar-refractivity contribution in [3.05, 3.63) is 24.2 Å². The molecule has 0 radical (unpaired) electrons. The number of ketones is 1. The lowest BCUT2D eigenvalue weighted by Crippen LogP contribution is -2.49. The molecular weight excluding hydrogens is 246 g/mol. The summed E-state index contributed by atoms with van der Waals surface area (Å²) in [5, 5.41) is 9.22. The third kappa shape index (κ3) is 3.04. The smallest absolute Gasteiger partial charge is 0.308 e. The fraction of sp³-hybridized carbons (Fsp3) is 0.571. The molecule has 2 unspecified atom stereocenters. The van der Waals surface area contributed by atoms with Crippen LogP contribution in [0.15, 0.2) is 22.8 Å². The van der Waals surface area contributed by atoms with Crippen LogP contribution in [0.3, 0.4) is 0 Å². The van der Waals surface area contributed by atoms with Crippen LogP contribution in [-0.4, -0.2) is 40.9 Å². The molecule has 2 heterocycles. The van der Waals surface area contributed by atoms with Crippen LogP contribution in [0.5, 0.6) is 0 Å². The van der Waals surface area contributed by atoms with E-state index in [4.69, 9.17) is 4.42 Å². The first kappa shape index (κ1) is 13.8. The molecule has 1 aromatic rings. The monoisotopic (exact) mass is 265 g/mol. The number of hydrogen-bond acceptors (Lipinski definition) is 4. The van der Waals surface area contributed by atoms with Crippen molar-refractivity contribution >= 4 is 11.8 Å². The number of piperidine rings is 1. The van der Waals surface area contributed by atoms with Crippen molar-refractivity contribution in [2.24, 2.45) is 5.92 Å². The molecule has 2 atom stereocenters. The molecule has 1 aliphatic heterocycles. The van der Waals surface area contributed by atoms with E-state index >= 15 is 0 Å². The van der Waals surface area contributed by atoms with E-state index in [-0.39, 0.29) is 11.5 Å². The van der Waals surface area contributed by atoms with Crippen LogP contribution in [-0.2, 0) is 4.79 Å². The first-order valence-corrected chi connectivity index (χ1v) is 6.66. The molecule has 0 saturated carbocycles. The zero-order chi connectivity index (χ0) is 13.8. The number of furan rings is 1. The van der Waals surface area contributed by atoms with Crippen LogP contribution in [0.1, 0.15) is 36.7 Å². The zero-order valence-corrected chi connectivity index (χ0v) is 11.0. The lowest BCUT2D eigenvalue weighted by atomic mass is 9.93. The third-order valence-corrected chi connectivity index (χ3v) is 3.68. The number of aliphatic carboxylic acids is 1. The minimum absolute atomic E-state index is 0.234. The Morgan fingerprint density at radius 1 is 1.32 bits per heavy atom. The van der Waals surface area contributed by atoms with Crippen molar-refractivity contribution in [3.63, 3.8) is 0 Å². The molecule has 1 saturated heterocycles. The summed E-state index contributed by atoms with van der Waals surface area (Å²) < 4.78 is 5.13. The highest BCUT2D eigenvalue weighted by atomic mass is 16.4. The normalized spacial score (nSPS) is 19.8. The van der Waals surface area contributed by atoms with Crippen molar-refractivity contribution in [1.82, 2.24) is 4.90 Å². The van der Waals surface area contributed by atoms with E-state index in [1.807, 2.05) is 4.90 Å². The topological polar surface area (TPSA) is 70.7 Å². The molecular formula is C14H19NO4. The molecule has 0 bridgehead atoms. The number of nitrogens with zero attached hydrogens (tertiary/aromatic N) is 1. The van der Waals surface area contributed by atoms with Gasteiger partial charge >= 0.3 is 5.97 Å². The van der Waals surface area contributed by atoms with E-state index in [9.17, 15) is 14.7 Å². The Kier molecular flexibility index (Phi) is 4.37. The second-order valence-electron chi connectivity index (χ2n) is 5.01. The van der Waals surface area contributed by atoms with Gasteiger partial charge in [-0.3, -0.25) is 14.5 Å².